The van der Waals surface area contributed by atoms with E-state index in [9.17, 15) is 4.79 Å². The van der Waals surface area contributed by atoms with Gasteiger partial charge in [-0.1, -0.05) is 0 Å². The third kappa shape index (κ3) is 2.98. The van der Waals surface area contributed by atoms with E-state index in [4.69, 9.17) is 14.6 Å². The molecule has 0 radical (unpaired) electrons. The molecule has 1 N–H and O–H groups in total. The molecule has 1 rings (SSSR count). The maximum Gasteiger partial charge on any atom is 0.338 e. The molecule has 0 aromatic carbocycles. The first-order valence-corrected chi connectivity index (χ1v) is 3.91. The Bertz CT molecular complexity index is 299. The second-order valence-electron chi connectivity index (χ2n) is 2.40. The number of methoxy groups -OCH3 is 1. The minimum atomic E-state index is -1.06. The molecule has 0 unspecified atom stereocenters. The van der Waals surface area contributed by atoms with Gasteiger partial charge >= 0.3 is 12.0 Å². The SMILES string of the molecule is COCCOc1ncc(C(=O)O)cn1. The summed E-state index contributed by atoms with van der Waals surface area (Å²) in [4.78, 5) is 17.8. The van der Waals surface area contributed by atoms with Crippen molar-refractivity contribution in [2.45, 2.75) is 0 Å². The van der Waals surface area contributed by atoms with E-state index >= 15 is 0 Å². The molecule has 14 heavy (non-hydrogen) atoms. The van der Waals surface area contributed by atoms with Crippen LogP contribution in [0.3, 0.4) is 0 Å². The van der Waals surface area contributed by atoms with Gasteiger partial charge in [-0.2, -0.15) is 0 Å². The summed E-state index contributed by atoms with van der Waals surface area (Å²) in [7, 11) is 1.55. The largest absolute Gasteiger partial charge is 0.478 e. The molecule has 0 bridgehead atoms. The Balaban J connectivity index is 2.51. The molecule has 0 aliphatic carbocycles. The molecule has 0 amide bonds. The first-order chi connectivity index (χ1) is 6.74. The van der Waals surface area contributed by atoms with Gasteiger partial charge in [-0.15, -0.1) is 0 Å². The average molecular weight is 198 g/mol. The van der Waals surface area contributed by atoms with E-state index < -0.39 is 5.97 Å². The third-order valence-corrected chi connectivity index (χ3v) is 1.39. The molecule has 6 nitrogen and oxygen atoms in total. The molecule has 1 aromatic rings. The van der Waals surface area contributed by atoms with Gasteiger partial charge in [0.25, 0.3) is 0 Å². The fraction of sp³-hybridized carbons (Fsp3) is 0.375. The quantitative estimate of drug-likeness (QED) is 0.680. The van der Waals surface area contributed by atoms with Crippen LogP contribution in [0.4, 0.5) is 0 Å². The van der Waals surface area contributed by atoms with Crippen molar-refractivity contribution in [2.75, 3.05) is 20.3 Å². The Morgan fingerprint density at radius 2 is 2.07 bits per heavy atom. The number of nitrogens with zero attached hydrogens (tertiary/aromatic N) is 2. The Labute approximate surface area is 80.5 Å². The number of carboxylic acids is 1. The van der Waals surface area contributed by atoms with Crippen LogP contribution in [0, 0.1) is 0 Å². The van der Waals surface area contributed by atoms with E-state index in [0.717, 1.165) is 0 Å². The van der Waals surface area contributed by atoms with Crippen LogP contribution in [0.1, 0.15) is 10.4 Å². The van der Waals surface area contributed by atoms with Crippen LogP contribution in [0.15, 0.2) is 12.4 Å². The van der Waals surface area contributed by atoms with Gasteiger partial charge in [-0.25, -0.2) is 14.8 Å². The zero-order valence-electron chi connectivity index (χ0n) is 7.64. The number of ether oxygens (including phenoxy) is 2. The van der Waals surface area contributed by atoms with Gasteiger partial charge in [0, 0.05) is 19.5 Å². The molecular weight excluding hydrogens is 188 g/mol. The number of aromatic carboxylic acids is 1. The molecule has 0 atom stereocenters. The van der Waals surface area contributed by atoms with Crippen molar-refractivity contribution in [3.05, 3.63) is 18.0 Å². The van der Waals surface area contributed by atoms with E-state index in [1.807, 2.05) is 0 Å². The van der Waals surface area contributed by atoms with Crippen molar-refractivity contribution in [2.24, 2.45) is 0 Å². The number of hydrogen-bond acceptors (Lipinski definition) is 5. The summed E-state index contributed by atoms with van der Waals surface area (Å²) < 4.78 is 9.79. The smallest absolute Gasteiger partial charge is 0.338 e. The highest BCUT2D eigenvalue weighted by Crippen LogP contribution is 2.01. The van der Waals surface area contributed by atoms with Gasteiger partial charge in [0.1, 0.15) is 6.61 Å². The molecule has 0 fully saturated rings. The zero-order valence-corrected chi connectivity index (χ0v) is 7.64. The topological polar surface area (TPSA) is 81.5 Å². The minimum absolute atomic E-state index is 0.0316. The van der Waals surface area contributed by atoms with E-state index in [-0.39, 0.29) is 11.6 Å². The summed E-state index contributed by atoms with van der Waals surface area (Å²) in [5.74, 6) is -1.06. The molecule has 0 saturated heterocycles. The lowest BCUT2D eigenvalue weighted by atomic mass is 10.4. The molecular formula is C8H10N2O4. The first-order valence-electron chi connectivity index (χ1n) is 3.91. The van der Waals surface area contributed by atoms with Gasteiger partial charge in [-0.3, -0.25) is 0 Å². The number of carboxylic acid groups (broad SMARTS) is 1. The molecule has 0 spiro atoms. The molecule has 6 heteroatoms. The fourth-order valence-corrected chi connectivity index (χ4v) is 0.717. The summed E-state index contributed by atoms with van der Waals surface area (Å²) in [5.41, 5.74) is 0.0316. The highest BCUT2D eigenvalue weighted by atomic mass is 16.5. The van der Waals surface area contributed by atoms with Crippen molar-refractivity contribution in [3.63, 3.8) is 0 Å². The van der Waals surface area contributed by atoms with Crippen LogP contribution in [0.25, 0.3) is 0 Å². The summed E-state index contributed by atoms with van der Waals surface area (Å²) in [6, 6.07) is 0.145. The van der Waals surface area contributed by atoms with Crippen LogP contribution >= 0.6 is 0 Å². The van der Waals surface area contributed by atoms with E-state index in [1.165, 1.54) is 12.4 Å². The summed E-state index contributed by atoms with van der Waals surface area (Å²) >= 11 is 0. The predicted molar refractivity (Wildman–Crippen MR) is 46.4 cm³/mol. The van der Waals surface area contributed by atoms with E-state index in [2.05, 4.69) is 9.97 Å². The lowest BCUT2D eigenvalue weighted by Gasteiger charge is -2.02. The lowest BCUT2D eigenvalue weighted by Crippen LogP contribution is -2.07. The molecule has 1 aromatic heterocycles. The third-order valence-electron chi connectivity index (χ3n) is 1.39. The van der Waals surface area contributed by atoms with Gasteiger partial charge in [0.2, 0.25) is 0 Å². The van der Waals surface area contributed by atoms with Crippen LogP contribution in [-0.4, -0.2) is 41.4 Å². The van der Waals surface area contributed by atoms with E-state index in [0.29, 0.717) is 13.2 Å². The van der Waals surface area contributed by atoms with Gasteiger partial charge in [0.15, 0.2) is 0 Å². The minimum Gasteiger partial charge on any atom is -0.478 e. The van der Waals surface area contributed by atoms with Gasteiger partial charge < -0.3 is 14.6 Å². The zero-order chi connectivity index (χ0) is 10.4. The maximum atomic E-state index is 10.4. The number of aromatic nitrogens is 2. The standard InChI is InChI=1S/C8H10N2O4/c1-13-2-3-14-8-9-4-6(5-10-8)7(11)12/h4-5H,2-3H2,1H3,(H,11,12). The fourth-order valence-electron chi connectivity index (χ4n) is 0.717. The molecule has 1 heterocycles. The second-order valence-corrected chi connectivity index (χ2v) is 2.40. The molecule has 0 saturated carbocycles. The average Bonchev–Trinajstić information content (AvgIpc) is 2.19. The van der Waals surface area contributed by atoms with Crippen LogP contribution in [0.5, 0.6) is 6.01 Å². The normalized spacial score (nSPS) is 9.79. The van der Waals surface area contributed by atoms with Crippen LogP contribution in [0.2, 0.25) is 0 Å². The van der Waals surface area contributed by atoms with Gasteiger partial charge in [-0.05, 0) is 0 Å². The van der Waals surface area contributed by atoms with Crippen molar-refractivity contribution < 1.29 is 19.4 Å². The van der Waals surface area contributed by atoms with Crippen LogP contribution < -0.4 is 4.74 Å². The second kappa shape index (κ2) is 5.13. The number of rotatable bonds is 5. The van der Waals surface area contributed by atoms with E-state index in [1.54, 1.807) is 7.11 Å². The van der Waals surface area contributed by atoms with Crippen molar-refractivity contribution >= 4 is 5.97 Å². The van der Waals surface area contributed by atoms with Crippen molar-refractivity contribution in [3.8, 4) is 6.01 Å². The Hall–Kier alpha value is -1.69. The predicted octanol–water partition coefficient (Wildman–Crippen LogP) is 0.200. The van der Waals surface area contributed by atoms with Crippen molar-refractivity contribution in [1.82, 2.24) is 9.97 Å². The summed E-state index contributed by atoms with van der Waals surface area (Å²) in [6.07, 6.45) is 2.38. The number of carbonyl (C=O) groups is 1. The highest BCUT2D eigenvalue weighted by molar-refractivity contribution is 5.86. The maximum absolute atomic E-state index is 10.4. The highest BCUT2D eigenvalue weighted by Gasteiger charge is 2.04. The Kier molecular flexibility index (Phi) is 3.81. The van der Waals surface area contributed by atoms with Crippen LogP contribution in [-0.2, 0) is 4.74 Å². The van der Waals surface area contributed by atoms with Gasteiger partial charge in [0.05, 0.1) is 12.2 Å². The monoisotopic (exact) mass is 198 g/mol. The molecule has 76 valence electrons. The Morgan fingerprint density at radius 3 is 2.57 bits per heavy atom. The lowest BCUT2D eigenvalue weighted by molar-refractivity contribution is 0.0695. The molecule has 0 aliphatic rings. The summed E-state index contributed by atoms with van der Waals surface area (Å²) in [5, 5.41) is 8.55. The summed E-state index contributed by atoms with van der Waals surface area (Å²) in [6.45, 7) is 0.771. The van der Waals surface area contributed by atoms with Crippen molar-refractivity contribution in [1.29, 1.82) is 0 Å². The molecule has 0 aliphatic heterocycles. The number of hydrogen-bond donors (Lipinski definition) is 1. The first kappa shape index (κ1) is 10.4. The Morgan fingerprint density at radius 1 is 1.43 bits per heavy atom.